The number of aryl methyl sites for hydroxylation is 1. The van der Waals surface area contributed by atoms with Crippen LogP contribution >= 0.6 is 0 Å². The minimum atomic E-state index is 0.330. The van der Waals surface area contributed by atoms with Gasteiger partial charge in [-0.25, -0.2) is 0 Å². The fourth-order valence-corrected chi connectivity index (χ4v) is 3.77. The van der Waals surface area contributed by atoms with Crippen molar-refractivity contribution in [1.82, 2.24) is 10.2 Å². The number of nitrogens with zero attached hydrogens (tertiary/aromatic N) is 1. The molecule has 1 unspecified atom stereocenters. The maximum Gasteiger partial charge on any atom is 0.0603 e. The smallest absolute Gasteiger partial charge is 0.0603 e. The molecule has 1 aliphatic rings. The first kappa shape index (κ1) is 15.4. The zero-order valence-corrected chi connectivity index (χ0v) is 14.2. The highest BCUT2D eigenvalue weighted by molar-refractivity contribution is 5.83. The molecule has 0 aliphatic carbocycles. The summed E-state index contributed by atoms with van der Waals surface area (Å²) >= 11 is 0. The maximum absolute atomic E-state index is 3.47. The van der Waals surface area contributed by atoms with Gasteiger partial charge in [-0.05, 0) is 34.9 Å². The lowest BCUT2D eigenvalue weighted by Gasteiger charge is -2.36. The molecule has 0 radical (unpaired) electrons. The third-order valence-electron chi connectivity index (χ3n) is 4.96. The molecule has 2 heteroatoms. The Labute approximate surface area is 144 Å². The van der Waals surface area contributed by atoms with Gasteiger partial charge in [0, 0.05) is 26.2 Å². The standard InChI is InChI=1S/C22H24N2/c1-17-5-4-8-20(15-17)22(24-13-11-23-12-14-24)21-10-9-18-6-2-3-7-19(18)16-21/h2-10,15-16,22-23H,11-14H2,1H3. The zero-order chi connectivity index (χ0) is 16.4. The predicted molar refractivity (Wildman–Crippen MR) is 101 cm³/mol. The van der Waals surface area contributed by atoms with E-state index in [0.717, 1.165) is 26.2 Å². The Morgan fingerprint density at radius 3 is 2.33 bits per heavy atom. The molecule has 24 heavy (non-hydrogen) atoms. The first-order chi connectivity index (χ1) is 11.8. The van der Waals surface area contributed by atoms with Crippen LogP contribution < -0.4 is 5.32 Å². The van der Waals surface area contributed by atoms with Gasteiger partial charge in [0.25, 0.3) is 0 Å². The lowest BCUT2D eigenvalue weighted by atomic mass is 9.93. The Morgan fingerprint density at radius 2 is 1.54 bits per heavy atom. The van der Waals surface area contributed by atoms with E-state index in [-0.39, 0.29) is 0 Å². The van der Waals surface area contributed by atoms with Gasteiger partial charge < -0.3 is 5.32 Å². The molecule has 1 N–H and O–H groups in total. The van der Waals surface area contributed by atoms with E-state index >= 15 is 0 Å². The average Bonchev–Trinajstić information content (AvgIpc) is 2.63. The molecular weight excluding hydrogens is 292 g/mol. The fourth-order valence-electron chi connectivity index (χ4n) is 3.77. The zero-order valence-electron chi connectivity index (χ0n) is 14.2. The van der Waals surface area contributed by atoms with Crippen LogP contribution in [-0.4, -0.2) is 31.1 Å². The van der Waals surface area contributed by atoms with E-state index in [1.165, 1.54) is 27.5 Å². The molecule has 0 saturated carbocycles. The van der Waals surface area contributed by atoms with E-state index in [1.54, 1.807) is 0 Å². The monoisotopic (exact) mass is 316 g/mol. The van der Waals surface area contributed by atoms with Crippen LogP contribution in [0.15, 0.2) is 66.7 Å². The normalized spacial score (nSPS) is 17.0. The number of hydrogen-bond donors (Lipinski definition) is 1. The van der Waals surface area contributed by atoms with Gasteiger partial charge in [0.15, 0.2) is 0 Å². The minimum absolute atomic E-state index is 0.330. The van der Waals surface area contributed by atoms with E-state index in [9.17, 15) is 0 Å². The molecule has 1 atom stereocenters. The van der Waals surface area contributed by atoms with Gasteiger partial charge in [-0.15, -0.1) is 0 Å². The number of benzene rings is 3. The number of hydrogen-bond acceptors (Lipinski definition) is 2. The number of piperazine rings is 1. The highest BCUT2D eigenvalue weighted by atomic mass is 15.2. The molecule has 1 fully saturated rings. The number of fused-ring (bicyclic) bond motifs is 1. The summed E-state index contributed by atoms with van der Waals surface area (Å²) in [4.78, 5) is 2.61. The number of nitrogens with one attached hydrogen (secondary N) is 1. The Balaban J connectivity index is 1.80. The molecule has 0 bridgehead atoms. The average molecular weight is 316 g/mol. The van der Waals surface area contributed by atoms with Crippen molar-refractivity contribution in [3.8, 4) is 0 Å². The van der Waals surface area contributed by atoms with Gasteiger partial charge >= 0.3 is 0 Å². The van der Waals surface area contributed by atoms with Crippen molar-refractivity contribution >= 4 is 10.8 Å². The van der Waals surface area contributed by atoms with Crippen LogP contribution in [0.25, 0.3) is 10.8 Å². The topological polar surface area (TPSA) is 15.3 Å². The summed E-state index contributed by atoms with van der Waals surface area (Å²) in [6.07, 6.45) is 0. The van der Waals surface area contributed by atoms with E-state index < -0.39 is 0 Å². The van der Waals surface area contributed by atoms with Gasteiger partial charge in [0.1, 0.15) is 0 Å². The maximum atomic E-state index is 3.47. The van der Waals surface area contributed by atoms with Gasteiger partial charge in [-0.3, -0.25) is 4.90 Å². The Morgan fingerprint density at radius 1 is 0.792 bits per heavy atom. The molecule has 2 nitrogen and oxygen atoms in total. The molecule has 3 aromatic carbocycles. The summed E-state index contributed by atoms with van der Waals surface area (Å²) in [6.45, 7) is 6.49. The van der Waals surface area contributed by atoms with Gasteiger partial charge in [0.05, 0.1) is 6.04 Å². The SMILES string of the molecule is Cc1cccc(C(c2ccc3ccccc3c2)N2CCNCC2)c1. The third kappa shape index (κ3) is 3.08. The first-order valence-electron chi connectivity index (χ1n) is 8.81. The summed E-state index contributed by atoms with van der Waals surface area (Å²) in [7, 11) is 0. The lowest BCUT2D eigenvalue weighted by molar-refractivity contribution is 0.198. The molecule has 3 aromatic rings. The number of rotatable bonds is 3. The van der Waals surface area contributed by atoms with E-state index in [0.29, 0.717) is 6.04 Å². The molecule has 1 aliphatic heterocycles. The fraction of sp³-hybridized carbons (Fsp3) is 0.273. The summed E-state index contributed by atoms with van der Waals surface area (Å²) in [5.41, 5.74) is 4.11. The quantitative estimate of drug-likeness (QED) is 0.781. The van der Waals surface area contributed by atoms with Gasteiger partial charge in [0.2, 0.25) is 0 Å². The van der Waals surface area contributed by atoms with E-state index in [2.05, 4.69) is 83.9 Å². The van der Waals surface area contributed by atoms with E-state index in [1.807, 2.05) is 0 Å². The molecule has 122 valence electrons. The molecule has 1 saturated heterocycles. The van der Waals surface area contributed by atoms with Crippen LogP contribution in [0.1, 0.15) is 22.7 Å². The van der Waals surface area contributed by atoms with Crippen molar-refractivity contribution in [3.05, 3.63) is 83.4 Å². The van der Waals surface area contributed by atoms with Crippen molar-refractivity contribution in [2.45, 2.75) is 13.0 Å². The molecule has 4 rings (SSSR count). The highest BCUT2D eigenvalue weighted by Gasteiger charge is 2.24. The van der Waals surface area contributed by atoms with Crippen molar-refractivity contribution in [3.63, 3.8) is 0 Å². The van der Waals surface area contributed by atoms with Crippen LogP contribution in [0, 0.1) is 6.92 Å². The lowest BCUT2D eigenvalue weighted by Crippen LogP contribution is -2.45. The van der Waals surface area contributed by atoms with Crippen molar-refractivity contribution < 1.29 is 0 Å². The van der Waals surface area contributed by atoms with Crippen LogP contribution in [-0.2, 0) is 0 Å². The van der Waals surface area contributed by atoms with Crippen molar-refractivity contribution in [2.75, 3.05) is 26.2 Å². The molecule has 0 aromatic heterocycles. The molecule has 1 heterocycles. The second kappa shape index (κ2) is 6.76. The molecular formula is C22H24N2. The summed E-state index contributed by atoms with van der Waals surface area (Å²) in [5.74, 6) is 0. The Bertz CT molecular complexity index is 834. The van der Waals surface area contributed by atoms with Crippen molar-refractivity contribution in [2.24, 2.45) is 0 Å². The first-order valence-corrected chi connectivity index (χ1v) is 8.81. The summed E-state index contributed by atoms with van der Waals surface area (Å²) in [5, 5.41) is 6.10. The Hall–Kier alpha value is -2.16. The van der Waals surface area contributed by atoms with Crippen LogP contribution in [0.2, 0.25) is 0 Å². The van der Waals surface area contributed by atoms with Crippen LogP contribution in [0.3, 0.4) is 0 Å². The summed E-state index contributed by atoms with van der Waals surface area (Å²) < 4.78 is 0. The second-order valence-electron chi connectivity index (χ2n) is 6.71. The van der Waals surface area contributed by atoms with Gasteiger partial charge in [-0.1, -0.05) is 66.2 Å². The van der Waals surface area contributed by atoms with Crippen LogP contribution in [0.5, 0.6) is 0 Å². The Kier molecular flexibility index (Phi) is 4.33. The highest BCUT2D eigenvalue weighted by Crippen LogP contribution is 2.31. The van der Waals surface area contributed by atoms with Crippen LogP contribution in [0.4, 0.5) is 0 Å². The second-order valence-corrected chi connectivity index (χ2v) is 6.71. The largest absolute Gasteiger partial charge is 0.314 e. The van der Waals surface area contributed by atoms with Gasteiger partial charge in [-0.2, -0.15) is 0 Å². The molecule has 0 amide bonds. The predicted octanol–water partition coefficient (Wildman–Crippen LogP) is 4.14. The van der Waals surface area contributed by atoms with E-state index in [4.69, 9.17) is 0 Å². The summed E-state index contributed by atoms with van der Waals surface area (Å²) in [6, 6.07) is 24.9. The van der Waals surface area contributed by atoms with Crippen molar-refractivity contribution in [1.29, 1.82) is 0 Å². The minimum Gasteiger partial charge on any atom is -0.314 e. The molecule has 0 spiro atoms. The third-order valence-corrected chi connectivity index (χ3v) is 4.96.